The second-order valence-electron chi connectivity index (χ2n) is 11.2. The van der Waals surface area contributed by atoms with E-state index in [4.69, 9.17) is 23.7 Å². The van der Waals surface area contributed by atoms with Crippen molar-refractivity contribution in [1.29, 1.82) is 0 Å². The fourth-order valence-electron chi connectivity index (χ4n) is 4.44. The summed E-state index contributed by atoms with van der Waals surface area (Å²) >= 11 is 0. The fourth-order valence-corrected chi connectivity index (χ4v) is 4.44. The van der Waals surface area contributed by atoms with E-state index in [2.05, 4.69) is 20.4 Å². The van der Waals surface area contributed by atoms with Gasteiger partial charge in [0.05, 0.1) is 44.1 Å². The zero-order valence-electron chi connectivity index (χ0n) is 25.4. The van der Waals surface area contributed by atoms with Crippen LogP contribution in [0.2, 0.25) is 0 Å². The van der Waals surface area contributed by atoms with Crippen molar-refractivity contribution in [2.45, 2.75) is 51.8 Å². The van der Waals surface area contributed by atoms with E-state index in [-0.39, 0.29) is 24.6 Å². The molecule has 1 saturated carbocycles. The lowest BCUT2D eigenvalue weighted by molar-refractivity contribution is -0.116. The SMILES string of the molecule is COc1cc2ncnc(Oc3cnn(CC(=O)Nc4cccc(OCCN(C(=O)OC(C)(C)C)C5CC5)c4)c3)c2cc1OC. The van der Waals surface area contributed by atoms with Gasteiger partial charge in [0.2, 0.25) is 11.8 Å². The predicted octanol–water partition coefficient (Wildman–Crippen LogP) is 5.05. The van der Waals surface area contributed by atoms with Crippen LogP contribution in [0.3, 0.4) is 0 Å². The Kier molecular flexibility index (Phi) is 9.02. The summed E-state index contributed by atoms with van der Waals surface area (Å²) in [6, 6.07) is 10.8. The third-order valence-corrected chi connectivity index (χ3v) is 6.57. The van der Waals surface area contributed by atoms with Crippen molar-refractivity contribution in [3.8, 4) is 28.9 Å². The molecule has 13 heteroatoms. The number of carbonyl (C=O) groups excluding carboxylic acids is 2. The molecular weight excluding hydrogens is 568 g/mol. The van der Waals surface area contributed by atoms with Crippen molar-refractivity contribution in [3.05, 3.63) is 55.1 Å². The minimum Gasteiger partial charge on any atom is -0.493 e. The number of aromatic nitrogens is 4. The Balaban J connectivity index is 1.15. The van der Waals surface area contributed by atoms with Crippen LogP contribution in [0.1, 0.15) is 33.6 Å². The average Bonchev–Trinajstić information content (AvgIpc) is 3.73. The number of nitrogens with one attached hydrogen (secondary N) is 1. The molecule has 0 radical (unpaired) electrons. The average molecular weight is 605 g/mol. The number of methoxy groups -OCH3 is 2. The second-order valence-corrected chi connectivity index (χ2v) is 11.2. The summed E-state index contributed by atoms with van der Waals surface area (Å²) in [5, 5.41) is 7.73. The largest absolute Gasteiger partial charge is 0.493 e. The monoisotopic (exact) mass is 604 g/mol. The topological polar surface area (TPSA) is 139 Å². The normalized spacial score (nSPS) is 12.8. The highest BCUT2D eigenvalue weighted by Gasteiger charge is 2.35. The number of rotatable bonds is 12. The van der Waals surface area contributed by atoms with Gasteiger partial charge in [0.25, 0.3) is 0 Å². The Hall–Kier alpha value is -5.07. The van der Waals surface area contributed by atoms with E-state index < -0.39 is 5.60 Å². The molecule has 5 rings (SSSR count). The first-order valence-electron chi connectivity index (χ1n) is 14.2. The first-order chi connectivity index (χ1) is 21.1. The van der Waals surface area contributed by atoms with Crippen LogP contribution in [0.5, 0.6) is 28.9 Å². The van der Waals surface area contributed by atoms with Gasteiger partial charge in [-0.15, -0.1) is 0 Å². The Morgan fingerprint density at radius 2 is 1.82 bits per heavy atom. The van der Waals surface area contributed by atoms with Crippen LogP contribution in [0.25, 0.3) is 10.9 Å². The van der Waals surface area contributed by atoms with E-state index in [0.717, 1.165) is 12.8 Å². The Morgan fingerprint density at radius 3 is 2.55 bits per heavy atom. The van der Waals surface area contributed by atoms with Crippen LogP contribution in [0.4, 0.5) is 10.5 Å². The van der Waals surface area contributed by atoms with E-state index in [1.807, 2.05) is 20.8 Å². The number of fused-ring (bicyclic) bond motifs is 1. The van der Waals surface area contributed by atoms with Crippen LogP contribution in [-0.4, -0.2) is 75.7 Å². The highest BCUT2D eigenvalue weighted by molar-refractivity contribution is 5.90. The summed E-state index contributed by atoms with van der Waals surface area (Å²) in [5.74, 6) is 2.05. The molecule has 232 valence electrons. The van der Waals surface area contributed by atoms with E-state index in [1.54, 1.807) is 61.7 Å². The first-order valence-corrected chi connectivity index (χ1v) is 14.2. The van der Waals surface area contributed by atoms with Gasteiger partial charge in [0, 0.05) is 23.9 Å². The molecule has 0 atom stereocenters. The molecule has 4 aromatic rings. The maximum absolute atomic E-state index is 12.8. The number of ether oxygens (including phenoxy) is 5. The highest BCUT2D eigenvalue weighted by Crippen LogP contribution is 2.35. The zero-order chi connectivity index (χ0) is 31.3. The molecule has 1 aliphatic carbocycles. The second kappa shape index (κ2) is 13.1. The number of hydrogen-bond donors (Lipinski definition) is 1. The van der Waals surface area contributed by atoms with E-state index in [0.29, 0.717) is 58.6 Å². The lowest BCUT2D eigenvalue weighted by Gasteiger charge is -2.27. The van der Waals surface area contributed by atoms with Gasteiger partial charge in [-0.3, -0.25) is 9.48 Å². The minimum absolute atomic E-state index is 0.0454. The predicted molar refractivity (Wildman–Crippen MR) is 161 cm³/mol. The standard InChI is InChI=1S/C31H36N6O7/c1-31(2,3)44-30(39)37(21-9-10-21)11-12-42-22-8-6-7-20(13-22)35-28(38)18-36-17-23(16-34-36)43-29-24-14-26(40-4)27(41-5)15-25(24)32-19-33-29/h6-8,13-17,19,21H,9-12,18H2,1-5H3,(H,35,38). The third-order valence-electron chi connectivity index (χ3n) is 6.57. The molecule has 0 unspecified atom stereocenters. The Labute approximate surface area is 255 Å². The van der Waals surface area contributed by atoms with Gasteiger partial charge in [-0.25, -0.2) is 14.8 Å². The molecule has 2 aromatic carbocycles. The van der Waals surface area contributed by atoms with E-state index >= 15 is 0 Å². The maximum atomic E-state index is 12.8. The number of amides is 2. The Morgan fingerprint density at radius 1 is 1.05 bits per heavy atom. The molecular formula is C31H36N6O7. The third kappa shape index (κ3) is 7.85. The van der Waals surface area contributed by atoms with Gasteiger partial charge in [0.15, 0.2) is 17.2 Å². The maximum Gasteiger partial charge on any atom is 0.410 e. The van der Waals surface area contributed by atoms with Gasteiger partial charge in [-0.2, -0.15) is 5.10 Å². The summed E-state index contributed by atoms with van der Waals surface area (Å²) in [7, 11) is 3.10. The lowest BCUT2D eigenvalue weighted by atomic mass is 10.2. The molecule has 1 aliphatic rings. The molecule has 2 amide bonds. The lowest BCUT2D eigenvalue weighted by Crippen LogP contribution is -2.40. The van der Waals surface area contributed by atoms with Crippen LogP contribution in [0, 0.1) is 0 Å². The summed E-state index contributed by atoms with van der Waals surface area (Å²) in [4.78, 5) is 35.6. The van der Waals surface area contributed by atoms with Crippen molar-refractivity contribution in [2.24, 2.45) is 0 Å². The molecule has 13 nitrogen and oxygen atoms in total. The van der Waals surface area contributed by atoms with Crippen molar-refractivity contribution in [3.63, 3.8) is 0 Å². The molecule has 0 spiro atoms. The smallest absolute Gasteiger partial charge is 0.410 e. The van der Waals surface area contributed by atoms with Crippen molar-refractivity contribution in [1.82, 2.24) is 24.6 Å². The summed E-state index contributed by atoms with van der Waals surface area (Å²) in [6.45, 7) is 6.21. The van der Waals surface area contributed by atoms with Gasteiger partial charge in [-0.1, -0.05) is 6.07 Å². The molecule has 2 heterocycles. The van der Waals surface area contributed by atoms with Crippen molar-refractivity contribution in [2.75, 3.05) is 32.7 Å². The van der Waals surface area contributed by atoms with Crippen molar-refractivity contribution >= 4 is 28.6 Å². The number of benzene rings is 2. The highest BCUT2D eigenvalue weighted by atomic mass is 16.6. The summed E-state index contributed by atoms with van der Waals surface area (Å²) in [6.07, 6.45) is 6.09. The number of carbonyl (C=O) groups is 2. The van der Waals surface area contributed by atoms with E-state index in [1.165, 1.54) is 17.2 Å². The molecule has 0 saturated heterocycles. The molecule has 0 bridgehead atoms. The molecule has 0 aliphatic heterocycles. The Bertz CT molecular complexity index is 1630. The number of nitrogens with zero attached hydrogens (tertiary/aromatic N) is 5. The van der Waals surface area contributed by atoms with Crippen molar-refractivity contribution < 1.29 is 33.3 Å². The van der Waals surface area contributed by atoms with Gasteiger partial charge in [-0.05, 0) is 51.8 Å². The fraction of sp³-hybridized carbons (Fsp3) is 0.387. The summed E-state index contributed by atoms with van der Waals surface area (Å²) < 4.78 is 29.6. The van der Waals surface area contributed by atoms with Crippen LogP contribution < -0.4 is 24.3 Å². The number of hydrogen-bond acceptors (Lipinski definition) is 10. The van der Waals surface area contributed by atoms with Crippen LogP contribution >= 0.6 is 0 Å². The van der Waals surface area contributed by atoms with Gasteiger partial charge in [0.1, 0.15) is 30.8 Å². The molecule has 44 heavy (non-hydrogen) atoms. The molecule has 1 N–H and O–H groups in total. The molecule has 2 aromatic heterocycles. The first kappa shape index (κ1) is 30.4. The van der Waals surface area contributed by atoms with Gasteiger partial charge < -0.3 is 33.9 Å². The van der Waals surface area contributed by atoms with Crippen LogP contribution in [-0.2, 0) is 16.1 Å². The summed E-state index contributed by atoms with van der Waals surface area (Å²) in [5.41, 5.74) is 0.630. The number of anilines is 1. The minimum atomic E-state index is -0.558. The zero-order valence-corrected chi connectivity index (χ0v) is 25.4. The van der Waals surface area contributed by atoms with Crippen LogP contribution in [0.15, 0.2) is 55.1 Å². The molecule has 1 fully saturated rings. The van der Waals surface area contributed by atoms with E-state index in [9.17, 15) is 9.59 Å². The quantitative estimate of drug-likeness (QED) is 0.234. The van der Waals surface area contributed by atoms with Gasteiger partial charge >= 0.3 is 6.09 Å².